The lowest BCUT2D eigenvalue weighted by atomic mass is 10.2. The molecule has 2 rings (SSSR count). The molecule has 0 saturated heterocycles. The number of aromatic nitrogens is 2. The van der Waals surface area contributed by atoms with Gasteiger partial charge in [-0.15, -0.1) is 0 Å². The molecule has 0 radical (unpaired) electrons. The molecule has 2 heterocycles. The number of aryl methyl sites for hydroxylation is 1. The third-order valence-corrected chi connectivity index (χ3v) is 1.44. The number of hydrogen-bond donors (Lipinski definition) is 0. The van der Waals surface area contributed by atoms with E-state index in [4.69, 9.17) is 4.52 Å². The average molecular weight is 134 g/mol. The number of pyridine rings is 1. The van der Waals surface area contributed by atoms with E-state index in [1.807, 2.05) is 6.92 Å². The Morgan fingerprint density at radius 1 is 1.30 bits per heavy atom. The topological polar surface area (TPSA) is 38.9 Å². The highest BCUT2D eigenvalue weighted by Crippen LogP contribution is 2.14. The normalized spacial score (nSPS) is 10.5. The number of nitrogens with zero attached hydrogens (tertiary/aromatic N) is 2. The van der Waals surface area contributed by atoms with Crippen molar-refractivity contribution in [2.45, 2.75) is 6.92 Å². The van der Waals surface area contributed by atoms with Gasteiger partial charge < -0.3 is 4.52 Å². The van der Waals surface area contributed by atoms with Crippen molar-refractivity contribution in [3.8, 4) is 0 Å². The first-order valence-corrected chi connectivity index (χ1v) is 3.03. The van der Waals surface area contributed by atoms with E-state index >= 15 is 0 Å². The van der Waals surface area contributed by atoms with Crippen LogP contribution in [0.25, 0.3) is 11.0 Å². The minimum atomic E-state index is 0.829. The van der Waals surface area contributed by atoms with Gasteiger partial charge in [-0.2, -0.15) is 0 Å². The third-order valence-electron chi connectivity index (χ3n) is 1.44. The van der Waals surface area contributed by atoms with Crippen LogP contribution in [0.3, 0.4) is 0 Å². The smallest absolute Gasteiger partial charge is 0.172 e. The van der Waals surface area contributed by atoms with E-state index in [2.05, 4.69) is 10.1 Å². The van der Waals surface area contributed by atoms with Gasteiger partial charge in [0.2, 0.25) is 0 Å². The zero-order valence-electron chi connectivity index (χ0n) is 5.53. The van der Waals surface area contributed by atoms with Crippen molar-refractivity contribution >= 4 is 11.0 Å². The number of rotatable bonds is 0. The molecule has 3 heteroatoms. The fraction of sp³-hybridized carbons (Fsp3) is 0.143. The van der Waals surface area contributed by atoms with E-state index in [0.717, 1.165) is 16.5 Å². The van der Waals surface area contributed by atoms with Gasteiger partial charge in [0.1, 0.15) is 0 Å². The Morgan fingerprint density at radius 2 is 2.20 bits per heavy atom. The molecule has 50 valence electrons. The minimum Gasteiger partial charge on any atom is -0.356 e. The molecule has 0 fully saturated rings. The lowest BCUT2D eigenvalue weighted by Gasteiger charge is -1.87. The Hall–Kier alpha value is -1.38. The summed E-state index contributed by atoms with van der Waals surface area (Å²) in [7, 11) is 0. The van der Waals surface area contributed by atoms with Crippen LogP contribution < -0.4 is 0 Å². The molecule has 0 spiro atoms. The predicted octanol–water partition coefficient (Wildman–Crippen LogP) is 1.53. The molecule has 0 bridgehead atoms. The van der Waals surface area contributed by atoms with Crippen LogP contribution in [0.2, 0.25) is 0 Å². The van der Waals surface area contributed by atoms with Crippen molar-refractivity contribution in [3.05, 3.63) is 24.2 Å². The van der Waals surface area contributed by atoms with E-state index in [1.165, 1.54) is 0 Å². The van der Waals surface area contributed by atoms with Gasteiger partial charge in [-0.3, -0.25) is 4.98 Å². The van der Waals surface area contributed by atoms with Crippen molar-refractivity contribution in [1.82, 2.24) is 10.1 Å². The molecule has 2 aromatic heterocycles. The van der Waals surface area contributed by atoms with Gasteiger partial charge in [0.15, 0.2) is 5.58 Å². The highest BCUT2D eigenvalue weighted by atomic mass is 16.5. The Labute approximate surface area is 57.7 Å². The maximum atomic E-state index is 4.96. The van der Waals surface area contributed by atoms with Crippen LogP contribution in [-0.2, 0) is 0 Å². The zero-order valence-corrected chi connectivity index (χ0v) is 5.53. The first-order chi connectivity index (χ1) is 4.88. The highest BCUT2D eigenvalue weighted by Gasteiger charge is 1.99. The van der Waals surface area contributed by atoms with E-state index < -0.39 is 0 Å². The van der Waals surface area contributed by atoms with Gasteiger partial charge >= 0.3 is 0 Å². The molecule has 0 unspecified atom stereocenters. The summed E-state index contributed by atoms with van der Waals surface area (Å²) < 4.78 is 4.96. The molecule has 0 aliphatic carbocycles. The molecule has 0 atom stereocenters. The van der Waals surface area contributed by atoms with Crippen molar-refractivity contribution in [2.75, 3.05) is 0 Å². The van der Waals surface area contributed by atoms with Crippen LogP contribution >= 0.6 is 0 Å². The second-order valence-electron chi connectivity index (χ2n) is 2.20. The van der Waals surface area contributed by atoms with Crippen LogP contribution in [-0.4, -0.2) is 10.1 Å². The van der Waals surface area contributed by atoms with Gasteiger partial charge in [-0.05, 0) is 6.92 Å². The summed E-state index contributed by atoms with van der Waals surface area (Å²) >= 11 is 0. The van der Waals surface area contributed by atoms with Crippen molar-refractivity contribution < 1.29 is 4.52 Å². The number of fused-ring (bicyclic) bond motifs is 1. The van der Waals surface area contributed by atoms with Gasteiger partial charge in [0.25, 0.3) is 0 Å². The van der Waals surface area contributed by atoms with Gasteiger partial charge in [0, 0.05) is 18.0 Å². The summed E-state index contributed by atoms with van der Waals surface area (Å²) in [4.78, 5) is 3.98. The van der Waals surface area contributed by atoms with Crippen LogP contribution in [0, 0.1) is 6.92 Å². The summed E-state index contributed by atoms with van der Waals surface area (Å²) in [6.45, 7) is 1.94. The summed E-state index contributed by atoms with van der Waals surface area (Å²) in [5.74, 6) is 0. The second-order valence-corrected chi connectivity index (χ2v) is 2.20. The lowest BCUT2D eigenvalue weighted by molar-refractivity contribution is 0.455. The van der Waals surface area contributed by atoms with Gasteiger partial charge in [0.05, 0.1) is 11.6 Å². The van der Waals surface area contributed by atoms with Crippen molar-refractivity contribution in [1.29, 1.82) is 0 Å². The molecule has 0 aromatic carbocycles. The molecular formula is C7H6N2O. The molecule has 2 aromatic rings. The first kappa shape index (κ1) is 5.41. The minimum absolute atomic E-state index is 0.829. The standard InChI is InChI=1S/C7H6N2O/c1-5-2-8-3-6-4-9-10-7(5)6/h2-4H,1H3. The van der Waals surface area contributed by atoms with Gasteiger partial charge in [-0.25, -0.2) is 0 Å². The van der Waals surface area contributed by atoms with Crippen LogP contribution in [0.15, 0.2) is 23.1 Å². The molecule has 0 aliphatic rings. The van der Waals surface area contributed by atoms with E-state index in [-0.39, 0.29) is 0 Å². The maximum Gasteiger partial charge on any atom is 0.172 e. The van der Waals surface area contributed by atoms with E-state index in [0.29, 0.717) is 0 Å². The average Bonchev–Trinajstić information content (AvgIpc) is 2.36. The Balaban J connectivity index is 2.95. The summed E-state index contributed by atoms with van der Waals surface area (Å²) in [5, 5.41) is 4.61. The van der Waals surface area contributed by atoms with Crippen LogP contribution in [0.1, 0.15) is 5.56 Å². The Bertz CT molecular complexity index is 353. The summed E-state index contributed by atoms with van der Waals surface area (Å²) in [6.07, 6.45) is 5.15. The lowest BCUT2D eigenvalue weighted by Crippen LogP contribution is -1.74. The van der Waals surface area contributed by atoms with Gasteiger partial charge in [-0.1, -0.05) is 5.16 Å². The molecule has 3 nitrogen and oxygen atoms in total. The Morgan fingerprint density at radius 3 is 3.00 bits per heavy atom. The SMILES string of the molecule is Cc1cncc2cnoc12. The van der Waals surface area contributed by atoms with E-state index in [9.17, 15) is 0 Å². The summed E-state index contributed by atoms with van der Waals surface area (Å²) in [6, 6.07) is 0. The van der Waals surface area contributed by atoms with Crippen molar-refractivity contribution in [3.63, 3.8) is 0 Å². The molecule has 0 saturated carbocycles. The summed E-state index contributed by atoms with van der Waals surface area (Å²) in [5.41, 5.74) is 1.85. The van der Waals surface area contributed by atoms with E-state index in [1.54, 1.807) is 18.6 Å². The third kappa shape index (κ3) is 0.603. The predicted molar refractivity (Wildman–Crippen MR) is 36.5 cm³/mol. The van der Waals surface area contributed by atoms with Crippen molar-refractivity contribution in [2.24, 2.45) is 0 Å². The highest BCUT2D eigenvalue weighted by molar-refractivity contribution is 5.77. The molecule has 0 aliphatic heterocycles. The van der Waals surface area contributed by atoms with Crippen LogP contribution in [0.4, 0.5) is 0 Å². The quantitative estimate of drug-likeness (QED) is 0.548. The fourth-order valence-corrected chi connectivity index (χ4v) is 0.927. The van der Waals surface area contributed by atoms with Crippen LogP contribution in [0.5, 0.6) is 0 Å². The maximum absolute atomic E-state index is 4.96. The monoisotopic (exact) mass is 134 g/mol. The molecule has 0 amide bonds. The molecule has 0 N–H and O–H groups in total. The first-order valence-electron chi connectivity index (χ1n) is 3.03. The number of hydrogen-bond acceptors (Lipinski definition) is 3. The second kappa shape index (κ2) is 1.80. The fourth-order valence-electron chi connectivity index (χ4n) is 0.927. The Kier molecular flexibility index (Phi) is 0.974. The molecule has 10 heavy (non-hydrogen) atoms. The molecular weight excluding hydrogens is 128 g/mol. The zero-order chi connectivity index (χ0) is 6.97. The largest absolute Gasteiger partial charge is 0.356 e.